The van der Waals surface area contributed by atoms with E-state index in [9.17, 15) is 43.5 Å². The number of ketones is 1. The van der Waals surface area contributed by atoms with Crippen molar-refractivity contribution in [1.82, 2.24) is 25.0 Å². The number of amides is 5. The summed E-state index contributed by atoms with van der Waals surface area (Å²) in [6.45, 7) is 11.5. The van der Waals surface area contributed by atoms with Gasteiger partial charge in [0, 0.05) is 81.9 Å². The van der Waals surface area contributed by atoms with E-state index in [0.29, 0.717) is 56.6 Å². The Hall–Kier alpha value is -5.25. The Morgan fingerprint density at radius 1 is 0.969 bits per heavy atom. The van der Waals surface area contributed by atoms with Crippen LogP contribution in [0, 0.1) is 23.7 Å². The Balaban J connectivity index is 1.44. The number of likely N-dealkylation sites (tertiary alicyclic amines) is 1. The van der Waals surface area contributed by atoms with Crippen molar-refractivity contribution in [2.45, 2.75) is 143 Å². The highest BCUT2D eigenvalue weighted by atomic mass is 32.1. The molecule has 2 N–H and O–H groups in total. The van der Waals surface area contributed by atoms with Crippen LogP contribution in [0.25, 0.3) is 0 Å². The molecule has 0 radical (unpaired) electrons. The van der Waals surface area contributed by atoms with Crippen molar-refractivity contribution < 1.29 is 48.2 Å². The van der Waals surface area contributed by atoms with Crippen molar-refractivity contribution in [3.63, 3.8) is 0 Å². The van der Waals surface area contributed by atoms with Crippen molar-refractivity contribution in [2.24, 2.45) is 23.7 Å². The third-order valence-corrected chi connectivity index (χ3v) is 13.5. The summed E-state index contributed by atoms with van der Waals surface area (Å²) in [6.07, 6.45) is 7.14. The molecule has 1 unspecified atom stereocenters. The van der Waals surface area contributed by atoms with Crippen LogP contribution in [0.4, 0.5) is 0 Å². The molecule has 16 heteroatoms. The lowest BCUT2D eigenvalue weighted by Crippen LogP contribution is -2.50. The molecule has 4 rings (SSSR count). The number of nitrogens with zero attached hydrogens (tertiary/aromatic N) is 4. The van der Waals surface area contributed by atoms with Gasteiger partial charge in [0.05, 0.1) is 12.0 Å². The normalized spacial score (nSPS) is 18.0. The number of hydrogen-bond acceptors (Lipinski definition) is 11. The molecule has 1 aromatic heterocycles. The van der Waals surface area contributed by atoms with E-state index in [1.54, 1.807) is 29.2 Å². The molecule has 1 aromatic carbocycles. The Kier molecular flexibility index (Phi) is 19.8. The van der Waals surface area contributed by atoms with Crippen LogP contribution in [0.1, 0.15) is 139 Å². The van der Waals surface area contributed by atoms with Gasteiger partial charge in [-0.3, -0.25) is 43.3 Å². The van der Waals surface area contributed by atoms with Crippen LogP contribution in [0.3, 0.4) is 0 Å². The van der Waals surface area contributed by atoms with Crippen molar-refractivity contribution in [3.05, 3.63) is 64.1 Å². The summed E-state index contributed by atoms with van der Waals surface area (Å²) in [5.74, 6) is -4.78. The first-order valence-electron chi connectivity index (χ1n) is 22.7. The number of esters is 1. The van der Waals surface area contributed by atoms with Gasteiger partial charge in [0.2, 0.25) is 11.8 Å². The van der Waals surface area contributed by atoms with Crippen molar-refractivity contribution in [2.75, 3.05) is 20.1 Å². The third kappa shape index (κ3) is 14.6. The molecule has 2 aromatic rings. The van der Waals surface area contributed by atoms with Gasteiger partial charge in [-0.25, -0.2) is 4.98 Å². The van der Waals surface area contributed by atoms with E-state index in [2.05, 4.69) is 10.3 Å². The summed E-state index contributed by atoms with van der Waals surface area (Å²) in [4.78, 5) is 113. The average Bonchev–Trinajstić information content (AvgIpc) is 3.89. The zero-order chi connectivity index (χ0) is 47.1. The van der Waals surface area contributed by atoms with E-state index in [4.69, 9.17) is 4.74 Å². The Morgan fingerprint density at radius 2 is 1.66 bits per heavy atom. The fourth-order valence-electron chi connectivity index (χ4n) is 8.59. The molecule has 0 aliphatic carbocycles. The number of carbonyl (C=O) groups is 8. The van der Waals surface area contributed by atoms with E-state index < -0.39 is 53.9 Å². The van der Waals surface area contributed by atoms with E-state index in [1.165, 1.54) is 24.0 Å². The lowest BCUT2D eigenvalue weighted by molar-refractivity contribution is -0.150. The van der Waals surface area contributed by atoms with E-state index in [1.807, 2.05) is 58.0 Å². The molecule has 2 aliphatic rings. The number of carboxylic acid groups (broad SMARTS) is 1. The third-order valence-electron chi connectivity index (χ3n) is 12.6. The number of ether oxygens (including phenoxy) is 1. The van der Waals surface area contributed by atoms with Crippen molar-refractivity contribution in [3.8, 4) is 0 Å². The fourth-order valence-corrected chi connectivity index (χ4v) is 9.43. The lowest BCUT2D eigenvalue weighted by Gasteiger charge is -2.38. The van der Waals surface area contributed by atoms with Crippen molar-refractivity contribution >= 4 is 58.6 Å². The summed E-state index contributed by atoms with van der Waals surface area (Å²) >= 11 is 1.15. The van der Waals surface area contributed by atoms with Crippen LogP contribution >= 0.6 is 11.3 Å². The van der Waals surface area contributed by atoms with Gasteiger partial charge in [0.1, 0.15) is 10.7 Å². The highest BCUT2D eigenvalue weighted by molar-refractivity contribution is 7.09. The van der Waals surface area contributed by atoms with Gasteiger partial charge in [0.25, 0.3) is 17.7 Å². The summed E-state index contributed by atoms with van der Waals surface area (Å²) in [6, 6.07) is 7.89. The number of hydrogen-bond donors (Lipinski definition) is 2. The molecule has 7 atom stereocenters. The monoisotopic (exact) mass is 905 g/mol. The van der Waals surface area contributed by atoms with Crippen LogP contribution in [-0.4, -0.2) is 110 Å². The molecule has 0 spiro atoms. The van der Waals surface area contributed by atoms with E-state index in [0.717, 1.165) is 29.7 Å². The summed E-state index contributed by atoms with van der Waals surface area (Å²) in [5.41, 5.74) is 1.04. The van der Waals surface area contributed by atoms with Gasteiger partial charge < -0.3 is 25.0 Å². The Bertz CT molecular complexity index is 1970. The predicted octanol–water partition coefficient (Wildman–Crippen LogP) is 6.56. The minimum atomic E-state index is -0.965. The van der Waals surface area contributed by atoms with Gasteiger partial charge in [-0.15, -0.1) is 11.3 Å². The zero-order valence-corrected chi connectivity index (χ0v) is 39.3. The SMILES string of the molecule is CC[C@H](C)[C@H](CC(=O)[C@H]1CCCCN1C(=O)CCCCCN1C(=O)C=CC1=O)C(=O)N(C)C(C[C@@H](OC(C)=O)c1nc(C(=O)N[C@@H](Cc2ccccc2)C[C@H](C)C(=O)O)cs1)C(C)C. The topological polar surface area (TPSA) is 201 Å². The molecule has 2 aliphatic heterocycles. The number of Topliss-reactive ketones (excluding diaryl/α,β-unsaturated/α-hetero) is 1. The minimum Gasteiger partial charge on any atom is -0.481 e. The fraction of sp³-hybridized carbons (Fsp3) is 0.604. The van der Waals surface area contributed by atoms with Crippen LogP contribution in [0.2, 0.25) is 0 Å². The van der Waals surface area contributed by atoms with Gasteiger partial charge in [-0.2, -0.15) is 0 Å². The second-order valence-electron chi connectivity index (χ2n) is 17.7. The molecule has 1 fully saturated rings. The number of benzene rings is 1. The summed E-state index contributed by atoms with van der Waals surface area (Å²) < 4.78 is 5.81. The van der Waals surface area contributed by atoms with Gasteiger partial charge >= 0.3 is 11.9 Å². The molecule has 5 amide bonds. The first-order chi connectivity index (χ1) is 30.4. The number of unbranched alkanes of at least 4 members (excludes halogenated alkanes) is 2. The molecular weight excluding hydrogens is 839 g/mol. The summed E-state index contributed by atoms with van der Waals surface area (Å²) in [7, 11) is 1.70. The first kappa shape index (κ1) is 51.4. The predicted molar refractivity (Wildman–Crippen MR) is 242 cm³/mol. The quantitative estimate of drug-likeness (QED) is 0.0621. The molecule has 0 saturated carbocycles. The lowest BCUT2D eigenvalue weighted by atomic mass is 9.82. The standard InChI is InChI=1S/C48H67N5O10S/c1-8-31(4)36(27-40(55)38-19-14-16-23-52(38)42(56)20-13-10-15-24-53-43(57)21-22-44(53)58)47(60)51(7)39(30(2)3)28-41(63-33(6)54)46-50-37(29-64-46)45(59)49-35(25-32(5)48(61)62)26-34-17-11-9-12-18-34/h9,11-12,17-18,21-22,29-32,35-36,38-39,41H,8,10,13-16,19-20,23-28H2,1-7H3,(H,49,59)(H,61,62)/t31-,32-,35+,36-,38+,39?,41+/m0/s1. The number of thiazole rings is 1. The van der Waals surface area contributed by atoms with Gasteiger partial charge in [-0.1, -0.05) is 77.8 Å². The molecule has 15 nitrogen and oxygen atoms in total. The number of carboxylic acids is 1. The number of piperidine rings is 1. The highest BCUT2D eigenvalue weighted by Crippen LogP contribution is 2.33. The van der Waals surface area contributed by atoms with Crippen LogP contribution in [0.5, 0.6) is 0 Å². The van der Waals surface area contributed by atoms with Crippen molar-refractivity contribution in [1.29, 1.82) is 0 Å². The molecule has 350 valence electrons. The number of nitrogens with one attached hydrogen (secondary N) is 1. The second-order valence-corrected chi connectivity index (χ2v) is 18.6. The number of aromatic nitrogens is 1. The average molecular weight is 906 g/mol. The zero-order valence-electron chi connectivity index (χ0n) is 38.5. The smallest absolute Gasteiger partial charge is 0.306 e. The van der Waals surface area contributed by atoms with Crippen LogP contribution in [0.15, 0.2) is 47.9 Å². The minimum absolute atomic E-state index is 0.0296. The van der Waals surface area contributed by atoms with Gasteiger partial charge in [-0.05, 0) is 62.3 Å². The second kappa shape index (κ2) is 24.7. The van der Waals surface area contributed by atoms with E-state index in [-0.39, 0.29) is 72.6 Å². The molecule has 0 bridgehead atoms. The Labute approximate surface area is 381 Å². The molecule has 1 saturated heterocycles. The van der Waals surface area contributed by atoms with E-state index >= 15 is 0 Å². The maximum Gasteiger partial charge on any atom is 0.306 e. The van der Waals surface area contributed by atoms with Gasteiger partial charge in [0.15, 0.2) is 11.9 Å². The van der Waals surface area contributed by atoms with Crippen LogP contribution in [-0.2, 0) is 44.7 Å². The molecule has 64 heavy (non-hydrogen) atoms. The highest BCUT2D eigenvalue weighted by Gasteiger charge is 2.39. The number of rotatable bonds is 25. The summed E-state index contributed by atoms with van der Waals surface area (Å²) in [5, 5.41) is 14.5. The maximum absolute atomic E-state index is 14.6. The number of imide groups is 1. The van der Waals surface area contributed by atoms with Crippen LogP contribution < -0.4 is 5.32 Å². The largest absolute Gasteiger partial charge is 0.481 e. The number of aliphatic carboxylic acids is 1. The first-order valence-corrected chi connectivity index (χ1v) is 23.6. The number of carbonyl (C=O) groups excluding carboxylic acids is 7. The molecular formula is C48H67N5O10S. The Morgan fingerprint density at radius 3 is 2.28 bits per heavy atom. The molecule has 3 heterocycles. The maximum atomic E-state index is 14.6.